The Morgan fingerprint density at radius 1 is 0.868 bits per heavy atom. The van der Waals surface area contributed by atoms with Crippen molar-refractivity contribution in [1.29, 1.82) is 0 Å². The number of benzene rings is 3. The highest BCUT2D eigenvalue weighted by molar-refractivity contribution is 7.89. The van der Waals surface area contributed by atoms with Gasteiger partial charge in [0.05, 0.1) is 21.2 Å². The maximum absolute atomic E-state index is 13.0. The van der Waals surface area contributed by atoms with E-state index in [4.69, 9.17) is 27.9 Å². The minimum Gasteiger partial charge on any atom is -0.452 e. The van der Waals surface area contributed by atoms with Crippen LogP contribution >= 0.6 is 23.2 Å². The van der Waals surface area contributed by atoms with Gasteiger partial charge in [-0.25, -0.2) is 13.2 Å². The number of anilines is 1. The Bertz CT molecular complexity index is 1470. The largest absolute Gasteiger partial charge is 0.452 e. The summed E-state index contributed by atoms with van der Waals surface area (Å²) in [4.78, 5) is 38.2. The highest BCUT2D eigenvalue weighted by Gasteiger charge is 2.27. The van der Waals surface area contributed by atoms with Crippen LogP contribution in [-0.2, 0) is 19.6 Å². The molecule has 1 saturated heterocycles. The summed E-state index contributed by atoms with van der Waals surface area (Å²) in [6, 6.07) is 16.4. The number of carbonyl (C=O) groups is 3. The van der Waals surface area contributed by atoms with E-state index in [0.717, 1.165) is 19.3 Å². The summed E-state index contributed by atoms with van der Waals surface area (Å²) < 4.78 is 32.5. The molecule has 1 amide bonds. The Balaban J connectivity index is 1.43. The molecular weight excluding hydrogens is 551 g/mol. The van der Waals surface area contributed by atoms with Crippen LogP contribution in [0.25, 0.3) is 0 Å². The molecule has 0 bridgehead atoms. The smallest absolute Gasteiger partial charge is 0.339 e. The van der Waals surface area contributed by atoms with Crippen LogP contribution in [0.1, 0.15) is 45.5 Å². The van der Waals surface area contributed by atoms with Gasteiger partial charge in [-0.15, -0.1) is 0 Å². The lowest BCUT2D eigenvalue weighted by atomic mass is 9.98. The van der Waals surface area contributed by atoms with Gasteiger partial charge in [0.1, 0.15) is 0 Å². The fraction of sp³-hybridized carbons (Fsp3) is 0.222. The van der Waals surface area contributed by atoms with E-state index in [-0.39, 0.29) is 26.7 Å². The zero-order valence-corrected chi connectivity index (χ0v) is 22.5. The van der Waals surface area contributed by atoms with Crippen molar-refractivity contribution in [3.8, 4) is 0 Å². The molecule has 1 N–H and O–H groups in total. The highest BCUT2D eigenvalue weighted by atomic mass is 35.5. The second kappa shape index (κ2) is 12.1. The van der Waals surface area contributed by atoms with Gasteiger partial charge in [0, 0.05) is 29.2 Å². The summed E-state index contributed by atoms with van der Waals surface area (Å²) in [7, 11) is -3.74. The number of sulfonamides is 1. The van der Waals surface area contributed by atoms with E-state index in [1.807, 2.05) is 0 Å². The van der Waals surface area contributed by atoms with E-state index in [2.05, 4.69) is 5.32 Å². The van der Waals surface area contributed by atoms with Crippen LogP contribution in [0, 0.1) is 0 Å². The number of halogens is 2. The number of ketones is 1. The quantitative estimate of drug-likeness (QED) is 0.292. The summed E-state index contributed by atoms with van der Waals surface area (Å²) in [6.07, 6.45) is 2.55. The predicted octanol–water partition coefficient (Wildman–Crippen LogP) is 5.19. The fourth-order valence-corrected chi connectivity index (χ4v) is 5.86. The third-order valence-electron chi connectivity index (χ3n) is 6.00. The molecule has 1 aliphatic heterocycles. The molecular formula is C27H24Cl2N2O6S. The van der Waals surface area contributed by atoms with Gasteiger partial charge < -0.3 is 10.1 Å². The van der Waals surface area contributed by atoms with Gasteiger partial charge in [-0.1, -0.05) is 47.8 Å². The van der Waals surface area contributed by atoms with Crippen LogP contribution in [0.3, 0.4) is 0 Å². The molecule has 3 aromatic carbocycles. The van der Waals surface area contributed by atoms with E-state index in [1.165, 1.54) is 34.6 Å². The van der Waals surface area contributed by atoms with Crippen LogP contribution in [0.4, 0.5) is 5.69 Å². The van der Waals surface area contributed by atoms with Gasteiger partial charge in [-0.3, -0.25) is 9.59 Å². The minimum absolute atomic E-state index is 0.00531. The van der Waals surface area contributed by atoms with Crippen molar-refractivity contribution in [3.63, 3.8) is 0 Å². The topological polar surface area (TPSA) is 110 Å². The Morgan fingerprint density at radius 3 is 2.21 bits per heavy atom. The Labute approximate surface area is 230 Å². The molecule has 1 aliphatic rings. The Kier molecular flexibility index (Phi) is 8.83. The van der Waals surface area contributed by atoms with Crippen molar-refractivity contribution in [2.75, 3.05) is 25.0 Å². The van der Waals surface area contributed by atoms with Crippen LogP contribution < -0.4 is 5.32 Å². The lowest BCUT2D eigenvalue weighted by Crippen LogP contribution is -2.35. The summed E-state index contributed by atoms with van der Waals surface area (Å²) in [5, 5.41) is 3.08. The molecule has 1 fully saturated rings. The van der Waals surface area contributed by atoms with Crippen molar-refractivity contribution in [2.24, 2.45) is 0 Å². The normalized spacial score (nSPS) is 14.1. The first-order chi connectivity index (χ1) is 18.2. The third-order valence-corrected chi connectivity index (χ3v) is 8.47. The number of nitrogens with zero attached hydrogens (tertiary/aromatic N) is 1. The van der Waals surface area contributed by atoms with Crippen LogP contribution in [0.5, 0.6) is 0 Å². The molecule has 1 heterocycles. The molecule has 0 aromatic heterocycles. The number of hydrogen-bond donors (Lipinski definition) is 1. The van der Waals surface area contributed by atoms with E-state index < -0.39 is 34.3 Å². The Morgan fingerprint density at radius 2 is 1.53 bits per heavy atom. The Hall–Kier alpha value is -3.24. The second-order valence-electron chi connectivity index (χ2n) is 8.61. The van der Waals surface area contributed by atoms with Crippen molar-refractivity contribution in [1.82, 2.24) is 4.31 Å². The first kappa shape index (κ1) is 27.8. The molecule has 11 heteroatoms. The lowest BCUT2D eigenvalue weighted by Gasteiger charge is -2.26. The molecule has 8 nitrogen and oxygen atoms in total. The maximum Gasteiger partial charge on any atom is 0.339 e. The molecule has 38 heavy (non-hydrogen) atoms. The molecule has 198 valence electrons. The monoisotopic (exact) mass is 574 g/mol. The van der Waals surface area contributed by atoms with Gasteiger partial charge in [-0.05, 0) is 61.4 Å². The summed E-state index contributed by atoms with van der Waals surface area (Å²) >= 11 is 12.1. The minimum atomic E-state index is -3.74. The number of nitrogens with one attached hydrogen (secondary N) is 1. The van der Waals surface area contributed by atoms with E-state index in [1.54, 1.807) is 36.4 Å². The van der Waals surface area contributed by atoms with Gasteiger partial charge >= 0.3 is 5.97 Å². The number of hydrogen-bond acceptors (Lipinski definition) is 6. The summed E-state index contributed by atoms with van der Waals surface area (Å²) in [6.45, 7) is 0.191. The standard InChI is InChI=1S/C27H24Cl2N2O6S/c28-19-10-8-18(9-11-19)26(33)21-6-2-3-7-22(21)27(34)37-17-25(32)30-24-16-20(12-13-23(24)29)38(35,36)31-14-4-1-5-15-31/h2-3,6-13,16H,1,4-5,14-15,17H2,(H,30,32). The van der Waals surface area contributed by atoms with Crippen LogP contribution in [0.2, 0.25) is 10.0 Å². The van der Waals surface area contributed by atoms with Crippen molar-refractivity contribution >= 4 is 56.6 Å². The van der Waals surface area contributed by atoms with Gasteiger partial charge in [0.2, 0.25) is 10.0 Å². The van der Waals surface area contributed by atoms with Crippen LogP contribution in [0.15, 0.2) is 71.6 Å². The number of esters is 1. The number of amides is 1. The highest BCUT2D eigenvalue weighted by Crippen LogP contribution is 2.28. The van der Waals surface area contributed by atoms with E-state index in [0.29, 0.717) is 23.7 Å². The SMILES string of the molecule is O=C(COC(=O)c1ccccc1C(=O)c1ccc(Cl)cc1)Nc1cc(S(=O)(=O)N2CCCCC2)ccc1Cl. The molecule has 0 radical (unpaired) electrons. The van der Waals surface area contributed by atoms with Crippen molar-refractivity contribution in [3.05, 3.63) is 93.5 Å². The average molecular weight is 575 g/mol. The first-order valence-corrected chi connectivity index (χ1v) is 14.0. The lowest BCUT2D eigenvalue weighted by molar-refractivity contribution is -0.119. The maximum atomic E-state index is 13.0. The second-order valence-corrected chi connectivity index (χ2v) is 11.4. The number of piperidine rings is 1. The van der Waals surface area contributed by atoms with Crippen LogP contribution in [-0.4, -0.2) is 50.1 Å². The fourth-order valence-electron chi connectivity index (χ4n) is 4.03. The van der Waals surface area contributed by atoms with Gasteiger partial charge in [-0.2, -0.15) is 4.31 Å². The van der Waals surface area contributed by atoms with E-state index >= 15 is 0 Å². The van der Waals surface area contributed by atoms with Crippen molar-refractivity contribution < 1.29 is 27.5 Å². The molecule has 0 spiro atoms. The zero-order valence-electron chi connectivity index (χ0n) is 20.2. The molecule has 0 saturated carbocycles. The summed E-state index contributed by atoms with van der Waals surface area (Å²) in [5.74, 6) is -2.00. The molecule has 0 atom stereocenters. The first-order valence-electron chi connectivity index (χ1n) is 11.8. The number of carbonyl (C=O) groups excluding carboxylic acids is 3. The molecule has 0 unspecified atom stereocenters. The summed E-state index contributed by atoms with van der Waals surface area (Å²) in [5.41, 5.74) is 0.511. The molecule has 4 rings (SSSR count). The third kappa shape index (κ3) is 6.42. The predicted molar refractivity (Wildman–Crippen MR) is 144 cm³/mol. The van der Waals surface area contributed by atoms with Gasteiger partial charge in [0.25, 0.3) is 5.91 Å². The molecule has 3 aromatic rings. The average Bonchev–Trinajstić information content (AvgIpc) is 2.93. The molecule has 0 aliphatic carbocycles. The number of ether oxygens (including phenoxy) is 1. The van der Waals surface area contributed by atoms with E-state index in [9.17, 15) is 22.8 Å². The van der Waals surface area contributed by atoms with Gasteiger partial charge in [0.15, 0.2) is 12.4 Å². The zero-order chi connectivity index (χ0) is 27.3. The van der Waals surface area contributed by atoms with Crippen molar-refractivity contribution in [2.45, 2.75) is 24.2 Å². The number of rotatable bonds is 8.